The van der Waals surface area contributed by atoms with Crippen molar-refractivity contribution >= 4 is 11.9 Å². The van der Waals surface area contributed by atoms with E-state index in [1.807, 2.05) is 18.4 Å². The third-order valence-corrected chi connectivity index (χ3v) is 2.01. The summed E-state index contributed by atoms with van der Waals surface area (Å²) in [6.45, 7) is 0.894. The van der Waals surface area contributed by atoms with Crippen molar-refractivity contribution in [3.05, 3.63) is 29.8 Å². The Morgan fingerprint density at radius 2 is 2.00 bits per heavy atom. The van der Waals surface area contributed by atoms with Gasteiger partial charge in [-0.2, -0.15) is 0 Å². The van der Waals surface area contributed by atoms with Gasteiger partial charge in [0.1, 0.15) is 5.75 Å². The molecule has 0 spiro atoms. The molecule has 0 saturated heterocycles. The molecule has 3 heteroatoms. The molecule has 2 nitrogen and oxygen atoms in total. The summed E-state index contributed by atoms with van der Waals surface area (Å²) in [5.74, 6) is 0.905. The first-order valence-electron chi connectivity index (χ1n) is 3.75. The van der Waals surface area contributed by atoms with Crippen molar-refractivity contribution in [3.63, 3.8) is 0 Å². The number of rotatable bonds is 4. The van der Waals surface area contributed by atoms with Crippen LogP contribution in [0.15, 0.2) is 24.3 Å². The summed E-state index contributed by atoms with van der Waals surface area (Å²) in [5, 5.41) is 0. The van der Waals surface area contributed by atoms with E-state index < -0.39 is 0 Å². The van der Waals surface area contributed by atoms with Crippen LogP contribution in [0.4, 0.5) is 0 Å². The molecule has 0 fully saturated rings. The highest BCUT2D eigenvalue weighted by molar-refractivity contribution is 7.96. The molecule has 66 valence electrons. The summed E-state index contributed by atoms with van der Waals surface area (Å²) >= 11 is 1.63. The van der Waals surface area contributed by atoms with Crippen molar-refractivity contribution in [1.29, 1.82) is 0 Å². The maximum Gasteiger partial charge on any atom is 0.118 e. The van der Waals surface area contributed by atoms with Crippen molar-refractivity contribution < 1.29 is 4.74 Å². The highest BCUT2D eigenvalue weighted by atomic mass is 32.2. The summed E-state index contributed by atoms with van der Waals surface area (Å²) in [4.78, 5) is 0. The topological polar surface area (TPSA) is 21.3 Å². The first-order chi connectivity index (χ1) is 5.86. The van der Waals surface area contributed by atoms with Crippen molar-refractivity contribution in [2.24, 2.45) is 0 Å². The van der Waals surface area contributed by atoms with Gasteiger partial charge in [-0.15, -0.1) is 0 Å². The van der Waals surface area contributed by atoms with Crippen LogP contribution in [0, 0.1) is 0 Å². The summed E-state index contributed by atoms with van der Waals surface area (Å²) in [6.07, 6.45) is 2.02. The molecule has 12 heavy (non-hydrogen) atoms. The van der Waals surface area contributed by atoms with Gasteiger partial charge in [0.15, 0.2) is 0 Å². The van der Waals surface area contributed by atoms with Crippen LogP contribution in [0.1, 0.15) is 5.56 Å². The number of nitrogens with one attached hydrogen (secondary N) is 1. The van der Waals surface area contributed by atoms with Gasteiger partial charge in [-0.25, -0.2) is 0 Å². The lowest BCUT2D eigenvalue weighted by molar-refractivity contribution is 0.414. The smallest absolute Gasteiger partial charge is 0.118 e. The molecule has 1 aromatic rings. The first kappa shape index (κ1) is 9.42. The maximum absolute atomic E-state index is 5.05. The van der Waals surface area contributed by atoms with Gasteiger partial charge in [0.2, 0.25) is 0 Å². The van der Waals surface area contributed by atoms with E-state index in [1.54, 1.807) is 19.1 Å². The number of hydrogen-bond donors (Lipinski definition) is 1. The van der Waals surface area contributed by atoms with E-state index in [4.69, 9.17) is 4.74 Å². The summed E-state index contributed by atoms with van der Waals surface area (Å²) < 4.78 is 8.23. The highest BCUT2D eigenvalue weighted by Gasteiger charge is 1.92. The number of ether oxygens (including phenoxy) is 1. The molecule has 1 rings (SSSR count). The molecule has 0 aliphatic rings. The molecule has 1 N–H and O–H groups in total. The number of methoxy groups -OCH3 is 1. The molecular formula is C9H13NOS. The van der Waals surface area contributed by atoms with Crippen molar-refractivity contribution in [2.75, 3.05) is 13.4 Å². The Morgan fingerprint density at radius 3 is 2.50 bits per heavy atom. The molecule has 1 aromatic carbocycles. The van der Waals surface area contributed by atoms with Gasteiger partial charge in [-0.05, 0) is 24.0 Å². The fraction of sp³-hybridized carbons (Fsp3) is 0.333. The van der Waals surface area contributed by atoms with E-state index >= 15 is 0 Å². The summed E-state index contributed by atoms with van der Waals surface area (Å²) in [7, 11) is 1.68. The van der Waals surface area contributed by atoms with Crippen LogP contribution < -0.4 is 9.46 Å². The molecule has 0 aliphatic carbocycles. The Balaban J connectivity index is 2.53. The van der Waals surface area contributed by atoms with Crippen LogP contribution in [0.25, 0.3) is 0 Å². The molecule has 0 atom stereocenters. The first-order valence-corrected chi connectivity index (χ1v) is 4.98. The average Bonchev–Trinajstić information content (AvgIpc) is 2.15. The fourth-order valence-corrected chi connectivity index (χ4v) is 1.21. The van der Waals surface area contributed by atoms with E-state index in [9.17, 15) is 0 Å². The van der Waals surface area contributed by atoms with Gasteiger partial charge in [-0.1, -0.05) is 24.1 Å². The second kappa shape index (κ2) is 5.06. The molecule has 0 aromatic heterocycles. The van der Waals surface area contributed by atoms with Crippen molar-refractivity contribution in [2.45, 2.75) is 6.54 Å². The Hall–Kier alpha value is -0.670. The number of benzene rings is 1. The largest absolute Gasteiger partial charge is 0.497 e. The van der Waals surface area contributed by atoms with Gasteiger partial charge in [0.05, 0.1) is 7.11 Å². The minimum absolute atomic E-state index is 0.894. The van der Waals surface area contributed by atoms with Gasteiger partial charge in [0, 0.05) is 6.54 Å². The Kier molecular flexibility index (Phi) is 3.97. The van der Waals surface area contributed by atoms with Crippen LogP contribution in [-0.4, -0.2) is 13.4 Å². The van der Waals surface area contributed by atoms with Crippen LogP contribution in [0.2, 0.25) is 0 Å². The molecular weight excluding hydrogens is 170 g/mol. The SMILES string of the molecule is COc1ccc(CNSC)cc1. The standard InChI is InChI=1S/C9H13NOS/c1-11-9-5-3-8(4-6-9)7-10-12-2/h3-6,10H,7H2,1-2H3. The maximum atomic E-state index is 5.05. The van der Waals surface area contributed by atoms with Gasteiger partial charge in [0.25, 0.3) is 0 Å². The van der Waals surface area contributed by atoms with Gasteiger partial charge < -0.3 is 4.74 Å². The van der Waals surface area contributed by atoms with Gasteiger partial charge >= 0.3 is 0 Å². The Labute approximate surface area is 77.4 Å². The van der Waals surface area contributed by atoms with E-state index in [0.717, 1.165) is 12.3 Å². The van der Waals surface area contributed by atoms with E-state index in [1.165, 1.54) is 5.56 Å². The third kappa shape index (κ3) is 2.75. The van der Waals surface area contributed by atoms with Crippen LogP contribution in [0.3, 0.4) is 0 Å². The molecule has 0 unspecified atom stereocenters. The fourth-order valence-electron chi connectivity index (χ4n) is 0.899. The second-order valence-electron chi connectivity index (χ2n) is 2.37. The van der Waals surface area contributed by atoms with E-state index in [-0.39, 0.29) is 0 Å². The van der Waals surface area contributed by atoms with Gasteiger partial charge in [-0.3, -0.25) is 4.72 Å². The summed E-state index contributed by atoms with van der Waals surface area (Å²) in [6, 6.07) is 8.05. The lowest BCUT2D eigenvalue weighted by Crippen LogP contribution is -2.01. The molecule has 0 radical (unpaired) electrons. The minimum atomic E-state index is 0.894. The predicted molar refractivity (Wildman–Crippen MR) is 53.3 cm³/mol. The normalized spacial score (nSPS) is 9.83. The monoisotopic (exact) mass is 183 g/mol. The lowest BCUT2D eigenvalue weighted by atomic mass is 10.2. The van der Waals surface area contributed by atoms with Crippen LogP contribution >= 0.6 is 11.9 Å². The minimum Gasteiger partial charge on any atom is -0.497 e. The number of hydrogen-bond acceptors (Lipinski definition) is 3. The highest BCUT2D eigenvalue weighted by Crippen LogP contribution is 2.11. The molecule has 0 aliphatic heterocycles. The zero-order valence-corrected chi connectivity index (χ0v) is 8.15. The Morgan fingerprint density at radius 1 is 1.33 bits per heavy atom. The summed E-state index contributed by atoms with van der Waals surface area (Å²) in [5.41, 5.74) is 1.27. The molecule has 0 amide bonds. The van der Waals surface area contributed by atoms with Crippen LogP contribution in [0.5, 0.6) is 5.75 Å². The quantitative estimate of drug-likeness (QED) is 0.722. The lowest BCUT2D eigenvalue weighted by Gasteiger charge is -2.02. The van der Waals surface area contributed by atoms with Crippen molar-refractivity contribution in [3.8, 4) is 5.75 Å². The van der Waals surface area contributed by atoms with E-state index in [2.05, 4.69) is 16.9 Å². The van der Waals surface area contributed by atoms with Crippen LogP contribution in [-0.2, 0) is 6.54 Å². The van der Waals surface area contributed by atoms with E-state index in [0.29, 0.717) is 0 Å². The zero-order chi connectivity index (χ0) is 8.81. The second-order valence-corrected chi connectivity index (χ2v) is 3.07. The molecule has 0 heterocycles. The average molecular weight is 183 g/mol. The molecule has 0 bridgehead atoms. The molecule has 0 saturated carbocycles. The Bertz CT molecular complexity index is 222. The van der Waals surface area contributed by atoms with Crippen molar-refractivity contribution in [1.82, 2.24) is 4.72 Å². The third-order valence-electron chi connectivity index (χ3n) is 1.58. The predicted octanol–water partition coefficient (Wildman–Crippen LogP) is 2.06. The zero-order valence-electron chi connectivity index (χ0n) is 7.33.